The predicted octanol–water partition coefficient (Wildman–Crippen LogP) is 4.27. The zero-order valence-electron chi connectivity index (χ0n) is 17.8. The van der Waals surface area contributed by atoms with Gasteiger partial charge in [0.15, 0.2) is 0 Å². The first-order chi connectivity index (χ1) is 15.5. The molecule has 1 N–H and O–H groups in total. The van der Waals surface area contributed by atoms with E-state index < -0.39 is 0 Å². The minimum absolute atomic E-state index is 0.179. The van der Waals surface area contributed by atoms with Crippen molar-refractivity contribution < 1.29 is 14.3 Å². The van der Waals surface area contributed by atoms with Gasteiger partial charge in [-0.25, -0.2) is 9.97 Å². The molecule has 0 fully saturated rings. The molecular weight excluding hydrogens is 404 g/mol. The van der Waals surface area contributed by atoms with E-state index in [4.69, 9.17) is 4.74 Å². The van der Waals surface area contributed by atoms with Crippen molar-refractivity contribution in [3.8, 4) is 17.0 Å². The maximum absolute atomic E-state index is 12.5. The lowest BCUT2D eigenvalue weighted by Gasteiger charge is -2.16. The average Bonchev–Trinajstić information content (AvgIpc) is 3.02. The lowest BCUT2D eigenvalue weighted by molar-refractivity contribution is -0.138. The molecule has 0 aliphatic carbocycles. The van der Waals surface area contributed by atoms with Gasteiger partial charge in [0.05, 0.1) is 19.3 Å². The SMILES string of the molecule is C=CC1=C(C)C(=O)N(Cc2cccc(Nc3cc(-c4ccccc4OC)ncn3)c2)C1=O. The largest absolute Gasteiger partial charge is 0.496 e. The summed E-state index contributed by atoms with van der Waals surface area (Å²) in [4.78, 5) is 34.8. The van der Waals surface area contributed by atoms with Crippen molar-refractivity contribution in [3.05, 3.63) is 90.3 Å². The number of benzene rings is 2. The van der Waals surface area contributed by atoms with Crippen molar-refractivity contribution in [2.45, 2.75) is 13.5 Å². The summed E-state index contributed by atoms with van der Waals surface area (Å²) in [5, 5.41) is 3.26. The normalized spacial score (nSPS) is 13.5. The second kappa shape index (κ2) is 8.85. The number of methoxy groups -OCH3 is 1. The van der Waals surface area contributed by atoms with Gasteiger partial charge in [0.2, 0.25) is 0 Å². The summed E-state index contributed by atoms with van der Waals surface area (Å²) in [6.07, 6.45) is 2.92. The standard InChI is InChI=1S/C25H22N4O3/c1-4-19-16(2)24(30)29(25(19)31)14-17-8-7-9-18(12-17)28-23-13-21(26-15-27-23)20-10-5-6-11-22(20)32-3/h4-13,15H,1,14H2,2-3H3,(H,26,27,28). The molecule has 0 spiro atoms. The Hall–Kier alpha value is -4.26. The van der Waals surface area contributed by atoms with Gasteiger partial charge in [-0.1, -0.05) is 36.9 Å². The third kappa shape index (κ3) is 4.00. The molecule has 0 saturated heterocycles. The molecule has 0 radical (unpaired) electrons. The average molecular weight is 426 g/mol. The number of nitrogens with one attached hydrogen (secondary N) is 1. The molecule has 0 bridgehead atoms. The molecule has 1 aliphatic rings. The van der Waals surface area contributed by atoms with Crippen LogP contribution in [0.1, 0.15) is 12.5 Å². The molecule has 3 aromatic rings. The van der Waals surface area contributed by atoms with Crippen LogP contribution >= 0.6 is 0 Å². The molecule has 1 aliphatic heterocycles. The molecule has 7 heteroatoms. The first kappa shape index (κ1) is 21.0. The number of amides is 2. The molecule has 32 heavy (non-hydrogen) atoms. The lowest BCUT2D eigenvalue weighted by Crippen LogP contribution is -2.30. The fraction of sp³-hybridized carbons (Fsp3) is 0.120. The molecule has 4 rings (SSSR count). The number of anilines is 2. The first-order valence-corrected chi connectivity index (χ1v) is 10.0. The Kier molecular flexibility index (Phi) is 5.81. The van der Waals surface area contributed by atoms with Gasteiger partial charge in [-0.3, -0.25) is 14.5 Å². The number of carbonyl (C=O) groups is 2. The quantitative estimate of drug-likeness (QED) is 0.568. The maximum atomic E-state index is 12.5. The van der Waals surface area contributed by atoms with Gasteiger partial charge < -0.3 is 10.1 Å². The zero-order valence-corrected chi connectivity index (χ0v) is 17.8. The Balaban J connectivity index is 1.54. The summed E-state index contributed by atoms with van der Waals surface area (Å²) in [5.41, 5.74) is 3.95. The highest BCUT2D eigenvalue weighted by atomic mass is 16.5. The first-order valence-electron chi connectivity index (χ1n) is 10.0. The summed E-state index contributed by atoms with van der Waals surface area (Å²) < 4.78 is 5.43. The van der Waals surface area contributed by atoms with Crippen molar-refractivity contribution >= 4 is 23.3 Å². The van der Waals surface area contributed by atoms with Gasteiger partial charge in [0, 0.05) is 28.5 Å². The van der Waals surface area contributed by atoms with Crippen molar-refractivity contribution in [1.29, 1.82) is 0 Å². The fourth-order valence-electron chi connectivity index (χ4n) is 3.61. The second-order valence-corrected chi connectivity index (χ2v) is 7.25. The van der Waals surface area contributed by atoms with E-state index in [0.29, 0.717) is 17.0 Å². The number of ether oxygens (including phenoxy) is 1. The molecule has 160 valence electrons. The summed E-state index contributed by atoms with van der Waals surface area (Å²) in [5.74, 6) is 0.721. The monoisotopic (exact) mass is 426 g/mol. The highest BCUT2D eigenvalue weighted by molar-refractivity contribution is 6.20. The van der Waals surface area contributed by atoms with Gasteiger partial charge in [0.25, 0.3) is 11.8 Å². The number of nitrogens with zero attached hydrogens (tertiary/aromatic N) is 3. The van der Waals surface area contributed by atoms with Gasteiger partial charge in [-0.2, -0.15) is 0 Å². The third-order valence-corrected chi connectivity index (χ3v) is 5.24. The van der Waals surface area contributed by atoms with Gasteiger partial charge in [-0.05, 0) is 36.8 Å². The number of carbonyl (C=O) groups excluding carboxylic acids is 2. The Morgan fingerprint density at radius 2 is 1.88 bits per heavy atom. The van der Waals surface area contributed by atoms with Crippen LogP contribution in [0.25, 0.3) is 11.3 Å². The lowest BCUT2D eigenvalue weighted by atomic mass is 10.1. The van der Waals surface area contributed by atoms with Crippen molar-refractivity contribution in [1.82, 2.24) is 14.9 Å². The highest BCUT2D eigenvalue weighted by Gasteiger charge is 2.34. The molecule has 7 nitrogen and oxygen atoms in total. The van der Waals surface area contributed by atoms with Crippen LogP contribution in [0.4, 0.5) is 11.5 Å². The Bertz CT molecular complexity index is 1250. The van der Waals surface area contributed by atoms with E-state index in [1.165, 1.54) is 17.3 Å². The number of imide groups is 1. The van der Waals surface area contributed by atoms with E-state index in [1.54, 1.807) is 14.0 Å². The number of hydrogen-bond acceptors (Lipinski definition) is 6. The van der Waals surface area contributed by atoms with Crippen LogP contribution in [0.2, 0.25) is 0 Å². The van der Waals surface area contributed by atoms with Crippen LogP contribution < -0.4 is 10.1 Å². The van der Waals surface area contributed by atoms with Crippen LogP contribution in [-0.2, 0) is 16.1 Å². The summed E-state index contributed by atoms with van der Waals surface area (Å²) in [7, 11) is 1.62. The van der Waals surface area contributed by atoms with E-state index in [0.717, 1.165) is 28.3 Å². The Morgan fingerprint density at radius 3 is 2.62 bits per heavy atom. The third-order valence-electron chi connectivity index (χ3n) is 5.24. The van der Waals surface area contributed by atoms with E-state index in [-0.39, 0.29) is 18.4 Å². The predicted molar refractivity (Wildman–Crippen MR) is 122 cm³/mol. The van der Waals surface area contributed by atoms with Gasteiger partial charge in [-0.15, -0.1) is 0 Å². The molecular formula is C25H22N4O3. The minimum Gasteiger partial charge on any atom is -0.496 e. The van der Waals surface area contributed by atoms with Crippen LogP contribution in [0.5, 0.6) is 5.75 Å². The number of rotatable bonds is 7. The summed E-state index contributed by atoms with van der Waals surface area (Å²) in [6.45, 7) is 5.45. The fourth-order valence-corrected chi connectivity index (χ4v) is 3.61. The number of hydrogen-bond donors (Lipinski definition) is 1. The number of para-hydroxylation sites is 1. The molecule has 2 amide bonds. The molecule has 0 saturated carbocycles. The Morgan fingerprint density at radius 1 is 1.06 bits per heavy atom. The molecule has 2 heterocycles. The van der Waals surface area contributed by atoms with Crippen molar-refractivity contribution in [3.63, 3.8) is 0 Å². The molecule has 0 unspecified atom stereocenters. The van der Waals surface area contributed by atoms with Crippen molar-refractivity contribution in [2.75, 3.05) is 12.4 Å². The van der Waals surface area contributed by atoms with Crippen LogP contribution in [0.3, 0.4) is 0 Å². The van der Waals surface area contributed by atoms with E-state index in [9.17, 15) is 9.59 Å². The molecule has 0 atom stereocenters. The summed E-state index contributed by atoms with van der Waals surface area (Å²) in [6, 6.07) is 17.0. The zero-order chi connectivity index (χ0) is 22.7. The van der Waals surface area contributed by atoms with Crippen molar-refractivity contribution in [2.24, 2.45) is 0 Å². The smallest absolute Gasteiger partial charge is 0.261 e. The van der Waals surface area contributed by atoms with Gasteiger partial charge >= 0.3 is 0 Å². The molecule has 2 aromatic carbocycles. The maximum Gasteiger partial charge on any atom is 0.261 e. The van der Waals surface area contributed by atoms with E-state index >= 15 is 0 Å². The van der Waals surface area contributed by atoms with E-state index in [1.807, 2.05) is 54.6 Å². The number of aromatic nitrogens is 2. The Labute approximate surface area is 186 Å². The van der Waals surface area contributed by atoms with Crippen LogP contribution in [0, 0.1) is 0 Å². The molecule has 1 aromatic heterocycles. The van der Waals surface area contributed by atoms with E-state index in [2.05, 4.69) is 21.9 Å². The highest BCUT2D eigenvalue weighted by Crippen LogP contribution is 2.29. The minimum atomic E-state index is -0.321. The van der Waals surface area contributed by atoms with Gasteiger partial charge in [0.1, 0.15) is 17.9 Å². The van der Waals surface area contributed by atoms with Crippen LogP contribution in [0.15, 0.2) is 84.7 Å². The second-order valence-electron chi connectivity index (χ2n) is 7.25. The summed E-state index contributed by atoms with van der Waals surface area (Å²) >= 11 is 0. The van der Waals surface area contributed by atoms with Crippen LogP contribution in [-0.4, -0.2) is 33.8 Å². The topological polar surface area (TPSA) is 84.4 Å².